The molecule has 2 aliphatic heterocycles. The Morgan fingerprint density at radius 1 is 1.38 bits per heavy atom. The Bertz CT molecular complexity index is 232. The Hall–Kier alpha value is -0.650. The Balaban J connectivity index is 1.66. The van der Waals surface area contributed by atoms with Gasteiger partial charge in [-0.1, -0.05) is 0 Å². The predicted molar refractivity (Wildman–Crippen MR) is 62.9 cm³/mol. The highest BCUT2D eigenvalue weighted by Gasteiger charge is 2.20. The van der Waals surface area contributed by atoms with Gasteiger partial charge < -0.3 is 10.2 Å². The van der Waals surface area contributed by atoms with E-state index < -0.39 is 0 Å². The number of hydrazine groups is 1. The molecule has 0 spiro atoms. The predicted octanol–water partition coefficient (Wildman–Crippen LogP) is -0.593. The molecule has 5 heteroatoms. The number of hydrogen-bond acceptors (Lipinski definition) is 4. The summed E-state index contributed by atoms with van der Waals surface area (Å²) in [6, 6.07) is 0.396. The van der Waals surface area contributed by atoms with Crippen molar-refractivity contribution in [3.8, 4) is 0 Å². The van der Waals surface area contributed by atoms with Gasteiger partial charge in [-0.2, -0.15) is 0 Å². The van der Waals surface area contributed by atoms with Gasteiger partial charge in [-0.05, 0) is 26.4 Å². The summed E-state index contributed by atoms with van der Waals surface area (Å²) in [5.41, 5.74) is 2.99. The summed E-state index contributed by atoms with van der Waals surface area (Å²) < 4.78 is 0. The molecule has 0 saturated carbocycles. The van der Waals surface area contributed by atoms with E-state index in [4.69, 9.17) is 0 Å². The lowest BCUT2D eigenvalue weighted by Crippen LogP contribution is -2.53. The number of rotatable bonds is 3. The molecule has 0 aromatic rings. The maximum absolute atomic E-state index is 11.7. The standard InChI is InChI=1S/C11H22N4O/c1-14-5-7-15(8-6-14)13-11(16)9-10-3-2-4-12-10/h10,12H,2-9H2,1H3,(H,13,16). The van der Waals surface area contributed by atoms with Crippen LogP contribution in [0.5, 0.6) is 0 Å². The summed E-state index contributed by atoms with van der Waals surface area (Å²) in [4.78, 5) is 14.0. The smallest absolute Gasteiger partial charge is 0.235 e. The average Bonchev–Trinajstić information content (AvgIpc) is 2.74. The van der Waals surface area contributed by atoms with E-state index in [9.17, 15) is 4.79 Å². The van der Waals surface area contributed by atoms with E-state index in [0.717, 1.165) is 39.1 Å². The lowest BCUT2D eigenvalue weighted by molar-refractivity contribution is -0.127. The number of nitrogens with one attached hydrogen (secondary N) is 2. The molecule has 2 fully saturated rings. The van der Waals surface area contributed by atoms with E-state index in [1.165, 1.54) is 6.42 Å². The zero-order valence-electron chi connectivity index (χ0n) is 10.0. The first kappa shape index (κ1) is 11.8. The molecule has 2 aliphatic rings. The van der Waals surface area contributed by atoms with E-state index in [-0.39, 0.29) is 5.91 Å². The van der Waals surface area contributed by atoms with E-state index in [1.807, 2.05) is 5.01 Å². The summed E-state index contributed by atoms with van der Waals surface area (Å²) in [5, 5.41) is 5.38. The van der Waals surface area contributed by atoms with E-state index in [0.29, 0.717) is 12.5 Å². The van der Waals surface area contributed by atoms with Gasteiger partial charge in [0, 0.05) is 38.6 Å². The number of hydrogen-bond donors (Lipinski definition) is 2. The van der Waals surface area contributed by atoms with Crippen LogP contribution < -0.4 is 10.7 Å². The maximum Gasteiger partial charge on any atom is 0.235 e. The molecule has 16 heavy (non-hydrogen) atoms. The van der Waals surface area contributed by atoms with Gasteiger partial charge in [-0.3, -0.25) is 10.2 Å². The first-order valence-corrected chi connectivity index (χ1v) is 6.20. The van der Waals surface area contributed by atoms with Crippen LogP contribution in [0.15, 0.2) is 0 Å². The van der Waals surface area contributed by atoms with Crippen molar-refractivity contribution < 1.29 is 4.79 Å². The molecule has 0 bridgehead atoms. The zero-order chi connectivity index (χ0) is 11.4. The molecule has 5 nitrogen and oxygen atoms in total. The second-order valence-electron chi connectivity index (χ2n) is 4.82. The number of piperazine rings is 1. The summed E-state index contributed by atoms with van der Waals surface area (Å²) in [6.45, 7) is 4.98. The van der Waals surface area contributed by atoms with Crippen LogP contribution in [0.3, 0.4) is 0 Å². The van der Waals surface area contributed by atoms with Crippen LogP contribution in [-0.4, -0.2) is 61.6 Å². The van der Waals surface area contributed by atoms with Crippen molar-refractivity contribution in [1.29, 1.82) is 0 Å². The molecule has 0 radical (unpaired) electrons. The van der Waals surface area contributed by atoms with Crippen LogP contribution in [-0.2, 0) is 4.79 Å². The van der Waals surface area contributed by atoms with Gasteiger partial charge >= 0.3 is 0 Å². The van der Waals surface area contributed by atoms with Gasteiger partial charge in [0.1, 0.15) is 0 Å². The number of likely N-dealkylation sites (N-methyl/N-ethyl adjacent to an activating group) is 1. The molecule has 2 heterocycles. The fourth-order valence-electron chi connectivity index (χ4n) is 2.29. The Morgan fingerprint density at radius 3 is 2.75 bits per heavy atom. The minimum Gasteiger partial charge on any atom is -0.313 e. The van der Waals surface area contributed by atoms with E-state index >= 15 is 0 Å². The molecule has 2 N–H and O–H groups in total. The van der Waals surface area contributed by atoms with E-state index in [2.05, 4.69) is 22.7 Å². The monoisotopic (exact) mass is 226 g/mol. The van der Waals surface area contributed by atoms with Crippen molar-refractivity contribution in [1.82, 2.24) is 20.7 Å². The van der Waals surface area contributed by atoms with Gasteiger partial charge in [0.25, 0.3) is 0 Å². The number of carbonyl (C=O) groups is 1. The van der Waals surface area contributed by atoms with Gasteiger partial charge in [0.15, 0.2) is 0 Å². The van der Waals surface area contributed by atoms with Crippen LogP contribution >= 0.6 is 0 Å². The summed E-state index contributed by atoms with van der Waals surface area (Å²) in [7, 11) is 2.11. The summed E-state index contributed by atoms with van der Waals surface area (Å²) >= 11 is 0. The molecule has 1 unspecified atom stereocenters. The lowest BCUT2D eigenvalue weighted by Gasteiger charge is -2.32. The van der Waals surface area contributed by atoms with Gasteiger partial charge in [0.2, 0.25) is 5.91 Å². The van der Waals surface area contributed by atoms with Crippen LogP contribution in [0.1, 0.15) is 19.3 Å². The third-order valence-corrected chi connectivity index (χ3v) is 3.38. The quantitative estimate of drug-likeness (QED) is 0.675. The first-order valence-electron chi connectivity index (χ1n) is 6.20. The van der Waals surface area contributed by atoms with E-state index in [1.54, 1.807) is 0 Å². The number of carbonyl (C=O) groups excluding carboxylic acids is 1. The summed E-state index contributed by atoms with van der Waals surface area (Å²) in [6.07, 6.45) is 2.95. The average molecular weight is 226 g/mol. The highest BCUT2D eigenvalue weighted by Crippen LogP contribution is 2.08. The largest absolute Gasteiger partial charge is 0.313 e. The van der Waals surface area contributed by atoms with Gasteiger partial charge in [0.05, 0.1) is 0 Å². The van der Waals surface area contributed by atoms with Crippen molar-refractivity contribution in [2.75, 3.05) is 39.8 Å². The molecular weight excluding hydrogens is 204 g/mol. The zero-order valence-corrected chi connectivity index (χ0v) is 10.0. The van der Waals surface area contributed by atoms with Crippen LogP contribution in [0.2, 0.25) is 0 Å². The Morgan fingerprint density at radius 2 is 2.12 bits per heavy atom. The van der Waals surface area contributed by atoms with Crippen molar-refractivity contribution in [2.45, 2.75) is 25.3 Å². The molecule has 0 aromatic heterocycles. The molecule has 2 rings (SSSR count). The highest BCUT2D eigenvalue weighted by molar-refractivity contribution is 5.76. The second kappa shape index (κ2) is 5.61. The van der Waals surface area contributed by atoms with Crippen molar-refractivity contribution in [2.24, 2.45) is 0 Å². The Labute approximate surface area is 97.1 Å². The first-order chi connectivity index (χ1) is 7.74. The number of nitrogens with zero attached hydrogens (tertiary/aromatic N) is 2. The topological polar surface area (TPSA) is 47.6 Å². The number of amides is 1. The molecular formula is C11H22N4O. The minimum atomic E-state index is 0.156. The van der Waals surface area contributed by atoms with Crippen LogP contribution in [0.25, 0.3) is 0 Å². The third kappa shape index (κ3) is 3.43. The van der Waals surface area contributed by atoms with Crippen LogP contribution in [0.4, 0.5) is 0 Å². The fourth-order valence-corrected chi connectivity index (χ4v) is 2.29. The normalized spacial score (nSPS) is 28.2. The van der Waals surface area contributed by atoms with Crippen molar-refractivity contribution in [3.05, 3.63) is 0 Å². The Kier molecular flexibility index (Phi) is 4.15. The second-order valence-corrected chi connectivity index (χ2v) is 4.82. The third-order valence-electron chi connectivity index (χ3n) is 3.38. The van der Waals surface area contributed by atoms with Crippen molar-refractivity contribution in [3.63, 3.8) is 0 Å². The highest BCUT2D eigenvalue weighted by atomic mass is 16.2. The fraction of sp³-hybridized carbons (Fsp3) is 0.909. The summed E-state index contributed by atoms with van der Waals surface area (Å²) in [5.74, 6) is 0.156. The van der Waals surface area contributed by atoms with Crippen LogP contribution in [0, 0.1) is 0 Å². The molecule has 1 amide bonds. The van der Waals surface area contributed by atoms with Gasteiger partial charge in [-0.15, -0.1) is 0 Å². The molecule has 0 aliphatic carbocycles. The minimum absolute atomic E-state index is 0.156. The molecule has 2 saturated heterocycles. The maximum atomic E-state index is 11.7. The van der Waals surface area contributed by atoms with Gasteiger partial charge in [-0.25, -0.2) is 5.01 Å². The molecule has 1 atom stereocenters. The van der Waals surface area contributed by atoms with Crippen molar-refractivity contribution >= 4 is 5.91 Å². The molecule has 92 valence electrons. The SMILES string of the molecule is CN1CCN(NC(=O)CC2CCCN2)CC1. The molecule has 0 aromatic carbocycles. The lowest BCUT2D eigenvalue weighted by atomic mass is 10.1.